The third-order valence-corrected chi connectivity index (χ3v) is 4.60. The van der Waals surface area contributed by atoms with Crippen LogP contribution in [0, 0.1) is 0 Å². The summed E-state index contributed by atoms with van der Waals surface area (Å²) in [6.45, 7) is 5.37. The van der Waals surface area contributed by atoms with Gasteiger partial charge in [-0.2, -0.15) is 0 Å². The maximum Gasteiger partial charge on any atom is 0.254 e. The average molecular weight is 301 g/mol. The summed E-state index contributed by atoms with van der Waals surface area (Å²) in [6.07, 6.45) is 2.82. The predicted octanol–water partition coefficient (Wildman–Crippen LogP) is 1.70. The molecule has 1 fully saturated rings. The van der Waals surface area contributed by atoms with E-state index in [1.54, 1.807) is 0 Å². The van der Waals surface area contributed by atoms with Gasteiger partial charge in [-0.1, -0.05) is 13.0 Å². The zero-order valence-electron chi connectivity index (χ0n) is 13.0. The Bertz CT molecular complexity index is 640. The van der Waals surface area contributed by atoms with Crippen LogP contribution in [0.1, 0.15) is 23.7 Å². The maximum atomic E-state index is 12.6. The highest BCUT2D eigenvalue weighted by atomic mass is 16.3. The summed E-state index contributed by atoms with van der Waals surface area (Å²) in [5.74, 6) is 0.0909. The molecule has 2 N–H and O–H groups in total. The second kappa shape index (κ2) is 6.50. The number of hydrogen-bond acceptors (Lipinski definition) is 3. The van der Waals surface area contributed by atoms with E-state index in [-0.39, 0.29) is 18.6 Å². The normalized spacial score (nSPS) is 17.8. The van der Waals surface area contributed by atoms with E-state index in [2.05, 4.69) is 16.8 Å². The number of nitrogens with zero attached hydrogens (tertiary/aromatic N) is 2. The van der Waals surface area contributed by atoms with Crippen molar-refractivity contribution in [1.29, 1.82) is 0 Å². The smallest absolute Gasteiger partial charge is 0.254 e. The first kappa shape index (κ1) is 15.1. The van der Waals surface area contributed by atoms with Crippen LogP contribution in [0.3, 0.4) is 0 Å². The number of amides is 1. The Morgan fingerprint density at radius 2 is 2.05 bits per heavy atom. The summed E-state index contributed by atoms with van der Waals surface area (Å²) in [5.41, 5.74) is 1.73. The molecule has 1 atom stereocenters. The summed E-state index contributed by atoms with van der Waals surface area (Å²) < 4.78 is 0. The second-order valence-electron chi connectivity index (χ2n) is 5.85. The van der Waals surface area contributed by atoms with Crippen LogP contribution in [0.25, 0.3) is 10.9 Å². The van der Waals surface area contributed by atoms with Crippen molar-refractivity contribution in [2.45, 2.75) is 19.4 Å². The van der Waals surface area contributed by atoms with Crippen LogP contribution in [0.15, 0.2) is 30.5 Å². The molecule has 2 heterocycles. The number of nitrogens with one attached hydrogen (secondary N) is 1. The Balaban J connectivity index is 1.66. The Kier molecular flexibility index (Phi) is 4.45. The number of aliphatic hydroxyl groups excluding tert-OH is 1. The first-order valence-corrected chi connectivity index (χ1v) is 7.94. The van der Waals surface area contributed by atoms with Crippen LogP contribution >= 0.6 is 0 Å². The minimum absolute atomic E-state index is 0.0909. The monoisotopic (exact) mass is 301 g/mol. The summed E-state index contributed by atoms with van der Waals surface area (Å²) >= 11 is 0. The van der Waals surface area contributed by atoms with Gasteiger partial charge in [0.15, 0.2) is 0 Å². The summed E-state index contributed by atoms with van der Waals surface area (Å²) in [6, 6.07) is 8.02. The Labute approximate surface area is 130 Å². The fraction of sp³-hybridized carbons (Fsp3) is 0.471. The number of hydrogen-bond donors (Lipinski definition) is 2. The van der Waals surface area contributed by atoms with Gasteiger partial charge in [0.25, 0.3) is 5.91 Å². The molecule has 118 valence electrons. The molecule has 1 aromatic carbocycles. The van der Waals surface area contributed by atoms with Crippen LogP contribution < -0.4 is 0 Å². The van der Waals surface area contributed by atoms with Crippen LogP contribution in [-0.2, 0) is 0 Å². The van der Waals surface area contributed by atoms with Gasteiger partial charge in [-0.3, -0.25) is 9.69 Å². The molecule has 1 aromatic heterocycles. The molecule has 0 spiro atoms. The fourth-order valence-corrected chi connectivity index (χ4v) is 3.16. The van der Waals surface area contributed by atoms with Crippen molar-refractivity contribution < 1.29 is 9.90 Å². The fourth-order valence-electron chi connectivity index (χ4n) is 3.16. The molecule has 5 heteroatoms. The quantitative estimate of drug-likeness (QED) is 0.903. The van der Waals surface area contributed by atoms with Crippen LogP contribution in [0.5, 0.6) is 0 Å². The van der Waals surface area contributed by atoms with E-state index in [9.17, 15) is 9.90 Å². The first-order chi connectivity index (χ1) is 10.7. The number of rotatable bonds is 4. The van der Waals surface area contributed by atoms with E-state index in [0.717, 1.165) is 49.1 Å². The van der Waals surface area contributed by atoms with Crippen molar-refractivity contribution >= 4 is 16.8 Å². The van der Waals surface area contributed by atoms with Gasteiger partial charge in [-0.25, -0.2) is 0 Å². The van der Waals surface area contributed by atoms with Gasteiger partial charge < -0.3 is 15.0 Å². The highest BCUT2D eigenvalue weighted by molar-refractivity contribution is 5.98. The summed E-state index contributed by atoms with van der Waals surface area (Å²) in [5, 5.41) is 10.5. The highest BCUT2D eigenvalue weighted by Crippen LogP contribution is 2.17. The zero-order chi connectivity index (χ0) is 15.5. The van der Waals surface area contributed by atoms with E-state index in [0.29, 0.717) is 0 Å². The number of aromatic amines is 1. The maximum absolute atomic E-state index is 12.6. The first-order valence-electron chi connectivity index (χ1n) is 7.94. The number of benzene rings is 1. The minimum atomic E-state index is 0.0909. The van der Waals surface area contributed by atoms with Gasteiger partial charge in [0.05, 0.1) is 6.61 Å². The number of fused-ring (bicyclic) bond motifs is 1. The lowest BCUT2D eigenvalue weighted by Crippen LogP contribution is -2.52. The molecule has 2 aromatic rings. The van der Waals surface area contributed by atoms with Crippen LogP contribution in [-0.4, -0.2) is 64.6 Å². The number of piperazine rings is 1. The molecule has 3 rings (SSSR count). The summed E-state index contributed by atoms with van der Waals surface area (Å²) in [4.78, 5) is 20.0. The largest absolute Gasteiger partial charge is 0.395 e. The molecule has 0 bridgehead atoms. The number of H-pyrrole nitrogens is 1. The minimum Gasteiger partial charge on any atom is -0.395 e. The van der Waals surface area contributed by atoms with E-state index >= 15 is 0 Å². The SMILES string of the molecule is CCC(CO)N1CCN(C(=O)c2ccc3cc[nH]c3c2)CC1. The highest BCUT2D eigenvalue weighted by Gasteiger charge is 2.25. The third-order valence-electron chi connectivity index (χ3n) is 4.60. The van der Waals surface area contributed by atoms with Gasteiger partial charge in [-0.05, 0) is 30.0 Å². The Morgan fingerprint density at radius 3 is 2.73 bits per heavy atom. The Hall–Kier alpha value is -1.85. The molecule has 22 heavy (non-hydrogen) atoms. The molecule has 0 aliphatic carbocycles. The van der Waals surface area contributed by atoms with Crippen molar-refractivity contribution in [3.63, 3.8) is 0 Å². The van der Waals surface area contributed by atoms with E-state index < -0.39 is 0 Å². The number of carbonyl (C=O) groups is 1. The average Bonchev–Trinajstić information content (AvgIpc) is 3.03. The molecule has 1 unspecified atom stereocenters. The van der Waals surface area contributed by atoms with Gasteiger partial charge in [-0.15, -0.1) is 0 Å². The lowest BCUT2D eigenvalue weighted by molar-refractivity contribution is 0.0472. The third kappa shape index (κ3) is 2.87. The van der Waals surface area contributed by atoms with Gasteiger partial charge in [0, 0.05) is 49.5 Å². The summed E-state index contributed by atoms with van der Waals surface area (Å²) in [7, 11) is 0. The number of aliphatic hydroxyl groups is 1. The molecular formula is C17H23N3O2. The molecule has 1 aliphatic heterocycles. The Morgan fingerprint density at radius 1 is 1.27 bits per heavy atom. The van der Waals surface area contributed by atoms with E-state index in [4.69, 9.17) is 0 Å². The van der Waals surface area contributed by atoms with Crippen molar-refractivity contribution in [2.75, 3.05) is 32.8 Å². The molecule has 1 aliphatic rings. The number of carbonyl (C=O) groups excluding carboxylic acids is 1. The van der Waals surface area contributed by atoms with Crippen LogP contribution in [0.4, 0.5) is 0 Å². The van der Waals surface area contributed by atoms with E-state index in [1.165, 1.54) is 0 Å². The zero-order valence-corrected chi connectivity index (χ0v) is 13.0. The molecule has 5 nitrogen and oxygen atoms in total. The standard InChI is InChI=1S/C17H23N3O2/c1-2-15(12-21)19-7-9-20(10-8-19)17(22)14-4-3-13-5-6-18-16(13)11-14/h3-6,11,15,18,21H,2,7-10,12H2,1H3. The molecular weight excluding hydrogens is 278 g/mol. The predicted molar refractivity (Wildman–Crippen MR) is 86.9 cm³/mol. The van der Waals surface area contributed by atoms with Crippen molar-refractivity contribution in [3.05, 3.63) is 36.0 Å². The van der Waals surface area contributed by atoms with Crippen molar-refractivity contribution in [3.8, 4) is 0 Å². The van der Waals surface area contributed by atoms with E-state index in [1.807, 2.05) is 35.4 Å². The van der Waals surface area contributed by atoms with Crippen molar-refractivity contribution in [1.82, 2.24) is 14.8 Å². The topological polar surface area (TPSA) is 59.6 Å². The molecule has 1 saturated heterocycles. The van der Waals surface area contributed by atoms with Gasteiger partial charge in [0.1, 0.15) is 0 Å². The molecule has 0 radical (unpaired) electrons. The van der Waals surface area contributed by atoms with Gasteiger partial charge >= 0.3 is 0 Å². The molecule has 1 amide bonds. The molecule has 0 saturated carbocycles. The van der Waals surface area contributed by atoms with Crippen LogP contribution in [0.2, 0.25) is 0 Å². The van der Waals surface area contributed by atoms with Crippen molar-refractivity contribution in [2.24, 2.45) is 0 Å². The number of aromatic nitrogens is 1. The lowest BCUT2D eigenvalue weighted by atomic mass is 10.1. The second-order valence-corrected chi connectivity index (χ2v) is 5.85. The lowest BCUT2D eigenvalue weighted by Gasteiger charge is -2.38. The van der Waals surface area contributed by atoms with Gasteiger partial charge in [0.2, 0.25) is 0 Å².